The van der Waals surface area contributed by atoms with Gasteiger partial charge in [-0.2, -0.15) is 0 Å². The average Bonchev–Trinajstić information content (AvgIpc) is 2.39. The van der Waals surface area contributed by atoms with Crippen LogP contribution >= 0.6 is 0 Å². The zero-order chi connectivity index (χ0) is 12.1. The first-order valence-corrected chi connectivity index (χ1v) is 6.17. The molecule has 94 valence electrons. The number of ether oxygens (including phenoxy) is 2. The molecule has 1 N–H and O–H groups in total. The maximum absolute atomic E-state index is 6.02. The average molecular weight is 236 g/mol. The quantitative estimate of drug-likeness (QED) is 0.868. The van der Waals surface area contributed by atoms with Gasteiger partial charge < -0.3 is 14.8 Å². The summed E-state index contributed by atoms with van der Waals surface area (Å²) < 4.78 is 11.1. The van der Waals surface area contributed by atoms with Crippen molar-refractivity contribution in [2.24, 2.45) is 0 Å². The van der Waals surface area contributed by atoms with Gasteiger partial charge in [0.25, 0.3) is 0 Å². The summed E-state index contributed by atoms with van der Waals surface area (Å²) in [5, 5.41) is 3.33. The molecule has 0 aromatic carbocycles. The number of rotatable bonds is 4. The SMILES string of the molecule is CNC1CCCCC1Oc1ccnc(OC)c1. The Morgan fingerprint density at radius 2 is 2.18 bits per heavy atom. The van der Waals surface area contributed by atoms with Crippen molar-refractivity contribution in [3.63, 3.8) is 0 Å². The molecular weight excluding hydrogens is 216 g/mol. The highest BCUT2D eigenvalue weighted by molar-refractivity contribution is 5.26. The highest BCUT2D eigenvalue weighted by Crippen LogP contribution is 2.25. The fourth-order valence-electron chi connectivity index (χ4n) is 2.32. The van der Waals surface area contributed by atoms with Crippen LogP contribution in [0.2, 0.25) is 0 Å². The zero-order valence-corrected chi connectivity index (χ0v) is 10.5. The third-order valence-electron chi connectivity index (χ3n) is 3.28. The van der Waals surface area contributed by atoms with Gasteiger partial charge in [-0.3, -0.25) is 0 Å². The number of hydrogen-bond acceptors (Lipinski definition) is 4. The summed E-state index contributed by atoms with van der Waals surface area (Å²) in [5.74, 6) is 1.43. The van der Waals surface area contributed by atoms with Crippen molar-refractivity contribution in [3.8, 4) is 11.6 Å². The summed E-state index contributed by atoms with van der Waals surface area (Å²) in [5.41, 5.74) is 0. The molecule has 4 heteroatoms. The lowest BCUT2D eigenvalue weighted by atomic mass is 9.92. The van der Waals surface area contributed by atoms with E-state index in [1.807, 2.05) is 19.2 Å². The number of pyridine rings is 1. The molecule has 1 aromatic rings. The van der Waals surface area contributed by atoms with Crippen LogP contribution in [0.4, 0.5) is 0 Å². The third-order valence-corrected chi connectivity index (χ3v) is 3.28. The van der Waals surface area contributed by atoms with Crippen LogP contribution in [0.3, 0.4) is 0 Å². The third kappa shape index (κ3) is 3.09. The van der Waals surface area contributed by atoms with Crippen molar-refractivity contribution in [2.75, 3.05) is 14.2 Å². The normalized spacial score (nSPS) is 24.4. The Kier molecular flexibility index (Phi) is 4.20. The first-order valence-electron chi connectivity index (χ1n) is 6.17. The van der Waals surface area contributed by atoms with Crippen LogP contribution in [-0.4, -0.2) is 31.3 Å². The molecule has 0 amide bonds. The lowest BCUT2D eigenvalue weighted by molar-refractivity contribution is 0.117. The van der Waals surface area contributed by atoms with Crippen LogP contribution in [0.5, 0.6) is 11.6 Å². The molecule has 1 saturated carbocycles. The Morgan fingerprint density at radius 3 is 2.94 bits per heavy atom. The molecule has 17 heavy (non-hydrogen) atoms. The molecular formula is C13H20N2O2. The van der Waals surface area contributed by atoms with Gasteiger partial charge in [-0.15, -0.1) is 0 Å². The molecule has 0 bridgehead atoms. The van der Waals surface area contributed by atoms with E-state index < -0.39 is 0 Å². The minimum atomic E-state index is 0.251. The molecule has 1 aliphatic carbocycles. The molecule has 0 saturated heterocycles. The second-order valence-electron chi connectivity index (χ2n) is 4.37. The Morgan fingerprint density at radius 1 is 1.35 bits per heavy atom. The fraction of sp³-hybridized carbons (Fsp3) is 0.615. The van der Waals surface area contributed by atoms with Gasteiger partial charge in [0.1, 0.15) is 11.9 Å². The molecule has 0 aliphatic heterocycles. The maximum Gasteiger partial charge on any atom is 0.216 e. The lowest BCUT2D eigenvalue weighted by Crippen LogP contribution is -2.43. The molecule has 1 aliphatic rings. The number of aromatic nitrogens is 1. The highest BCUT2D eigenvalue weighted by atomic mass is 16.5. The summed E-state index contributed by atoms with van der Waals surface area (Å²) in [6.45, 7) is 0. The van der Waals surface area contributed by atoms with Gasteiger partial charge in [-0.25, -0.2) is 4.98 Å². The van der Waals surface area contributed by atoms with Crippen LogP contribution in [0.1, 0.15) is 25.7 Å². The largest absolute Gasteiger partial charge is 0.489 e. The Labute approximate surface area is 102 Å². The topological polar surface area (TPSA) is 43.4 Å². The molecule has 0 spiro atoms. The summed E-state index contributed by atoms with van der Waals surface area (Å²) in [6.07, 6.45) is 6.78. The standard InChI is InChI=1S/C13H20N2O2/c1-14-11-5-3-4-6-12(11)17-10-7-8-15-13(9-10)16-2/h7-9,11-12,14H,3-6H2,1-2H3. The number of methoxy groups -OCH3 is 1. The van der Waals surface area contributed by atoms with Crippen molar-refractivity contribution in [1.82, 2.24) is 10.3 Å². The van der Waals surface area contributed by atoms with E-state index >= 15 is 0 Å². The molecule has 2 rings (SSSR count). The lowest BCUT2D eigenvalue weighted by Gasteiger charge is -2.31. The van der Waals surface area contributed by atoms with E-state index in [1.165, 1.54) is 19.3 Å². The van der Waals surface area contributed by atoms with Crippen molar-refractivity contribution >= 4 is 0 Å². The molecule has 1 fully saturated rings. The number of likely N-dealkylation sites (N-methyl/N-ethyl adjacent to an activating group) is 1. The first kappa shape index (κ1) is 12.2. The first-order chi connectivity index (χ1) is 8.33. The minimum Gasteiger partial charge on any atom is -0.489 e. The van der Waals surface area contributed by atoms with Crippen molar-refractivity contribution in [2.45, 2.75) is 37.8 Å². The number of nitrogens with one attached hydrogen (secondary N) is 1. The van der Waals surface area contributed by atoms with Crippen LogP contribution in [0.15, 0.2) is 18.3 Å². The van der Waals surface area contributed by atoms with E-state index in [0.29, 0.717) is 11.9 Å². The van der Waals surface area contributed by atoms with E-state index in [1.54, 1.807) is 13.3 Å². The molecule has 4 nitrogen and oxygen atoms in total. The molecule has 1 heterocycles. The zero-order valence-electron chi connectivity index (χ0n) is 10.5. The van der Waals surface area contributed by atoms with Crippen molar-refractivity contribution in [1.29, 1.82) is 0 Å². The van der Waals surface area contributed by atoms with Gasteiger partial charge >= 0.3 is 0 Å². The highest BCUT2D eigenvalue weighted by Gasteiger charge is 2.25. The van der Waals surface area contributed by atoms with E-state index in [-0.39, 0.29) is 6.10 Å². The van der Waals surface area contributed by atoms with Gasteiger partial charge in [0.2, 0.25) is 5.88 Å². The summed E-state index contributed by atoms with van der Waals surface area (Å²) in [4.78, 5) is 4.07. The van der Waals surface area contributed by atoms with Gasteiger partial charge in [0.15, 0.2) is 0 Å². The van der Waals surface area contributed by atoms with E-state index in [2.05, 4.69) is 10.3 Å². The van der Waals surface area contributed by atoms with Crippen LogP contribution in [-0.2, 0) is 0 Å². The number of nitrogens with zero attached hydrogens (tertiary/aromatic N) is 1. The summed E-state index contributed by atoms with van der Waals surface area (Å²) in [6, 6.07) is 4.16. The molecule has 2 atom stereocenters. The second-order valence-corrected chi connectivity index (χ2v) is 4.37. The van der Waals surface area contributed by atoms with E-state index in [9.17, 15) is 0 Å². The van der Waals surface area contributed by atoms with E-state index in [4.69, 9.17) is 9.47 Å². The predicted octanol–water partition coefficient (Wildman–Crippen LogP) is 2.00. The fourth-order valence-corrected chi connectivity index (χ4v) is 2.32. The molecule has 1 aromatic heterocycles. The van der Waals surface area contributed by atoms with Crippen LogP contribution in [0.25, 0.3) is 0 Å². The summed E-state index contributed by atoms with van der Waals surface area (Å²) in [7, 11) is 3.61. The van der Waals surface area contributed by atoms with E-state index in [0.717, 1.165) is 12.2 Å². The van der Waals surface area contributed by atoms with Gasteiger partial charge in [0, 0.05) is 18.3 Å². The number of hydrogen-bond donors (Lipinski definition) is 1. The Hall–Kier alpha value is -1.29. The molecule has 2 unspecified atom stereocenters. The molecule has 0 radical (unpaired) electrons. The van der Waals surface area contributed by atoms with Crippen molar-refractivity contribution < 1.29 is 9.47 Å². The monoisotopic (exact) mass is 236 g/mol. The Bertz CT molecular complexity index is 357. The van der Waals surface area contributed by atoms with Gasteiger partial charge in [0.05, 0.1) is 7.11 Å². The van der Waals surface area contributed by atoms with Gasteiger partial charge in [-0.1, -0.05) is 6.42 Å². The maximum atomic E-state index is 6.02. The van der Waals surface area contributed by atoms with Crippen LogP contribution in [0, 0.1) is 0 Å². The van der Waals surface area contributed by atoms with Crippen LogP contribution < -0.4 is 14.8 Å². The summed E-state index contributed by atoms with van der Waals surface area (Å²) >= 11 is 0. The van der Waals surface area contributed by atoms with Gasteiger partial charge in [-0.05, 0) is 32.4 Å². The van der Waals surface area contributed by atoms with Crippen molar-refractivity contribution in [3.05, 3.63) is 18.3 Å². The predicted molar refractivity (Wildman–Crippen MR) is 66.5 cm³/mol. The smallest absolute Gasteiger partial charge is 0.216 e. The Balaban J connectivity index is 2.02. The second kappa shape index (κ2) is 5.87. The minimum absolute atomic E-state index is 0.251.